The third-order valence-electron chi connectivity index (χ3n) is 5.49. The number of amides is 2. The molecule has 0 atom stereocenters. The molecule has 0 radical (unpaired) electrons. The number of nitrogens with zero attached hydrogens (tertiary/aromatic N) is 1. The largest absolute Gasteiger partial charge is 0.496 e. The number of halogens is 1. The lowest BCUT2D eigenvalue weighted by Gasteiger charge is -2.13. The molecule has 0 aromatic heterocycles. The summed E-state index contributed by atoms with van der Waals surface area (Å²) in [5.74, 6) is 0.478. The summed E-state index contributed by atoms with van der Waals surface area (Å²) in [6, 6.07) is 17.9. The molecule has 0 bridgehead atoms. The van der Waals surface area contributed by atoms with Crippen LogP contribution in [0.3, 0.4) is 0 Å². The zero-order chi connectivity index (χ0) is 26.9. The number of hydrogen-bond donors (Lipinski definition) is 2. The third kappa shape index (κ3) is 7.44. The van der Waals surface area contributed by atoms with Crippen LogP contribution in [0, 0.1) is 13.8 Å². The molecule has 0 aliphatic heterocycles. The number of ether oxygens (including phenoxy) is 2. The molecule has 0 saturated carbocycles. The van der Waals surface area contributed by atoms with Crippen LogP contribution in [0.15, 0.2) is 77.0 Å². The van der Waals surface area contributed by atoms with E-state index in [0.29, 0.717) is 22.6 Å². The zero-order valence-corrected chi connectivity index (χ0v) is 22.3. The van der Waals surface area contributed by atoms with E-state index in [1.807, 2.05) is 50.2 Å². The van der Waals surface area contributed by atoms with Gasteiger partial charge in [-0.25, -0.2) is 5.43 Å². The van der Waals surface area contributed by atoms with Crippen LogP contribution in [0.2, 0.25) is 5.02 Å². The number of hydrazone groups is 1. The van der Waals surface area contributed by atoms with Crippen LogP contribution in [-0.2, 0) is 11.4 Å². The number of rotatable bonds is 9. The predicted molar refractivity (Wildman–Crippen MR) is 146 cm³/mol. The lowest BCUT2D eigenvalue weighted by atomic mass is 10.1. The summed E-state index contributed by atoms with van der Waals surface area (Å²) in [5.41, 5.74) is 7.14. The number of methoxy groups -OCH3 is 1. The van der Waals surface area contributed by atoms with Crippen molar-refractivity contribution in [1.82, 2.24) is 10.7 Å². The first-order valence-electron chi connectivity index (χ1n) is 11.6. The van der Waals surface area contributed by atoms with Gasteiger partial charge in [0.15, 0.2) is 0 Å². The second-order valence-corrected chi connectivity index (χ2v) is 9.00. The Hall–Kier alpha value is -4.10. The highest BCUT2D eigenvalue weighted by molar-refractivity contribution is 6.32. The van der Waals surface area contributed by atoms with E-state index in [0.717, 1.165) is 27.3 Å². The van der Waals surface area contributed by atoms with Crippen molar-refractivity contribution < 1.29 is 19.1 Å². The van der Waals surface area contributed by atoms with Crippen LogP contribution in [-0.4, -0.2) is 25.1 Å². The van der Waals surface area contributed by atoms with Crippen LogP contribution in [0.4, 0.5) is 0 Å². The Morgan fingerprint density at radius 3 is 2.30 bits per heavy atom. The number of aryl methyl sites for hydroxylation is 2. The Bertz CT molecular complexity index is 1320. The average molecular weight is 520 g/mol. The highest BCUT2D eigenvalue weighted by atomic mass is 35.5. The fraction of sp³-hybridized carbons (Fsp3) is 0.207. The molecule has 37 heavy (non-hydrogen) atoms. The van der Waals surface area contributed by atoms with Gasteiger partial charge >= 0.3 is 0 Å². The van der Waals surface area contributed by atoms with Crippen molar-refractivity contribution in [2.75, 3.05) is 7.11 Å². The van der Waals surface area contributed by atoms with Gasteiger partial charge in [0.05, 0.1) is 13.3 Å². The standard InChI is InChI=1S/C29H30ClN3O4/c1-18(2)27(32-28(34)22-9-7-6-8-10-22)29(35)33-31-16-21-11-12-25(36-5)23(15-21)17-37-24-13-19(3)26(30)20(4)14-24/h6-16H,17H2,1-5H3,(H,32,34)(H,33,35). The Balaban J connectivity index is 1.68. The van der Waals surface area contributed by atoms with Crippen molar-refractivity contribution in [2.24, 2.45) is 5.10 Å². The summed E-state index contributed by atoms with van der Waals surface area (Å²) in [5, 5.41) is 7.45. The molecule has 0 unspecified atom stereocenters. The SMILES string of the molecule is COc1ccc(C=NNC(=O)C(NC(=O)c2ccccc2)=C(C)C)cc1COc1cc(C)c(Cl)c(C)c1. The van der Waals surface area contributed by atoms with E-state index in [9.17, 15) is 9.59 Å². The normalized spacial score (nSPS) is 10.6. The van der Waals surface area contributed by atoms with E-state index in [1.54, 1.807) is 45.2 Å². The number of carbonyl (C=O) groups excluding carboxylic acids is 2. The molecule has 2 N–H and O–H groups in total. The van der Waals surface area contributed by atoms with Gasteiger partial charge in [-0.15, -0.1) is 0 Å². The molecule has 0 heterocycles. The molecule has 3 aromatic rings. The summed E-state index contributed by atoms with van der Waals surface area (Å²) >= 11 is 6.25. The molecular weight excluding hydrogens is 490 g/mol. The monoisotopic (exact) mass is 519 g/mol. The van der Waals surface area contributed by atoms with Gasteiger partial charge in [0.2, 0.25) is 0 Å². The summed E-state index contributed by atoms with van der Waals surface area (Å²) in [4.78, 5) is 25.2. The molecular formula is C29H30ClN3O4. The Morgan fingerprint density at radius 1 is 1.00 bits per heavy atom. The summed E-state index contributed by atoms with van der Waals surface area (Å²) in [6.45, 7) is 7.61. The van der Waals surface area contributed by atoms with Gasteiger partial charge < -0.3 is 14.8 Å². The van der Waals surface area contributed by atoms with Crippen LogP contribution in [0.25, 0.3) is 0 Å². The first kappa shape index (κ1) is 27.5. The Kier molecular flexibility index (Phi) is 9.46. The fourth-order valence-corrected chi connectivity index (χ4v) is 3.66. The smallest absolute Gasteiger partial charge is 0.287 e. The van der Waals surface area contributed by atoms with Crippen molar-refractivity contribution in [1.29, 1.82) is 0 Å². The molecule has 0 saturated heterocycles. The second kappa shape index (κ2) is 12.7. The van der Waals surface area contributed by atoms with Crippen molar-refractivity contribution >= 4 is 29.6 Å². The summed E-state index contributed by atoms with van der Waals surface area (Å²) < 4.78 is 11.4. The van der Waals surface area contributed by atoms with E-state index in [-0.39, 0.29) is 18.2 Å². The number of allylic oxidation sites excluding steroid dienone is 1. The molecule has 3 rings (SSSR count). The zero-order valence-electron chi connectivity index (χ0n) is 21.5. The van der Waals surface area contributed by atoms with Crippen molar-refractivity contribution in [3.05, 3.63) is 105 Å². The summed E-state index contributed by atoms with van der Waals surface area (Å²) in [6.07, 6.45) is 1.51. The highest BCUT2D eigenvalue weighted by Gasteiger charge is 2.15. The van der Waals surface area contributed by atoms with Crippen LogP contribution in [0.1, 0.15) is 46.5 Å². The van der Waals surface area contributed by atoms with Gasteiger partial charge in [-0.3, -0.25) is 9.59 Å². The van der Waals surface area contributed by atoms with Gasteiger partial charge in [-0.05, 0) is 92.4 Å². The molecule has 3 aromatic carbocycles. The Labute approximate surface area is 222 Å². The number of benzene rings is 3. The predicted octanol–water partition coefficient (Wildman–Crippen LogP) is 5.72. The first-order chi connectivity index (χ1) is 17.7. The van der Waals surface area contributed by atoms with Gasteiger partial charge in [0, 0.05) is 16.1 Å². The average Bonchev–Trinajstić information content (AvgIpc) is 2.89. The molecule has 7 nitrogen and oxygen atoms in total. The van der Waals surface area contributed by atoms with Crippen LogP contribution >= 0.6 is 11.6 Å². The lowest BCUT2D eigenvalue weighted by molar-refractivity contribution is -0.117. The fourth-order valence-electron chi connectivity index (χ4n) is 3.55. The maximum absolute atomic E-state index is 12.7. The van der Waals surface area contributed by atoms with E-state index < -0.39 is 5.91 Å². The number of carbonyl (C=O) groups is 2. The van der Waals surface area contributed by atoms with Crippen molar-refractivity contribution in [3.63, 3.8) is 0 Å². The highest BCUT2D eigenvalue weighted by Crippen LogP contribution is 2.27. The van der Waals surface area contributed by atoms with E-state index in [1.165, 1.54) is 6.21 Å². The summed E-state index contributed by atoms with van der Waals surface area (Å²) in [7, 11) is 1.59. The van der Waals surface area contributed by atoms with Gasteiger partial charge in [0.1, 0.15) is 23.8 Å². The van der Waals surface area contributed by atoms with E-state index in [4.69, 9.17) is 21.1 Å². The topological polar surface area (TPSA) is 89.0 Å². The minimum absolute atomic E-state index is 0.142. The molecule has 2 amide bonds. The first-order valence-corrected chi connectivity index (χ1v) is 12.0. The molecule has 0 spiro atoms. The van der Waals surface area contributed by atoms with Gasteiger partial charge in [0.25, 0.3) is 11.8 Å². The minimum atomic E-state index is -0.522. The van der Waals surface area contributed by atoms with E-state index >= 15 is 0 Å². The lowest BCUT2D eigenvalue weighted by Crippen LogP contribution is -2.33. The van der Waals surface area contributed by atoms with Crippen molar-refractivity contribution in [3.8, 4) is 11.5 Å². The van der Waals surface area contributed by atoms with Crippen LogP contribution < -0.4 is 20.2 Å². The van der Waals surface area contributed by atoms with Crippen molar-refractivity contribution in [2.45, 2.75) is 34.3 Å². The van der Waals surface area contributed by atoms with Gasteiger partial charge in [-0.2, -0.15) is 5.10 Å². The van der Waals surface area contributed by atoms with E-state index in [2.05, 4.69) is 15.8 Å². The van der Waals surface area contributed by atoms with Crippen LogP contribution in [0.5, 0.6) is 11.5 Å². The molecule has 8 heteroatoms. The molecule has 0 aliphatic rings. The number of hydrogen-bond acceptors (Lipinski definition) is 5. The second-order valence-electron chi connectivity index (χ2n) is 8.63. The minimum Gasteiger partial charge on any atom is -0.496 e. The maximum atomic E-state index is 12.7. The number of nitrogens with one attached hydrogen (secondary N) is 2. The molecule has 0 aliphatic carbocycles. The van der Waals surface area contributed by atoms with Gasteiger partial charge in [-0.1, -0.05) is 29.8 Å². The maximum Gasteiger partial charge on any atom is 0.287 e. The molecule has 192 valence electrons. The third-order valence-corrected chi connectivity index (χ3v) is 6.09. The Morgan fingerprint density at radius 2 is 1.68 bits per heavy atom. The molecule has 0 fully saturated rings. The quantitative estimate of drug-likeness (QED) is 0.215.